The third-order valence-corrected chi connectivity index (χ3v) is 4.36. The summed E-state index contributed by atoms with van der Waals surface area (Å²) in [6.45, 7) is 3.99. The molecule has 0 aliphatic carbocycles. The molecule has 0 fully saturated rings. The minimum absolute atomic E-state index is 0.259. The highest BCUT2D eigenvalue weighted by Gasteiger charge is 2.21. The zero-order chi connectivity index (χ0) is 15.7. The number of rotatable bonds is 3. The van der Waals surface area contributed by atoms with E-state index in [0.717, 1.165) is 33.2 Å². The van der Waals surface area contributed by atoms with Crippen molar-refractivity contribution in [1.29, 1.82) is 0 Å². The first kappa shape index (κ1) is 14.5. The molecule has 0 atom stereocenters. The van der Waals surface area contributed by atoms with Gasteiger partial charge in [0.1, 0.15) is 4.88 Å². The molecule has 22 heavy (non-hydrogen) atoms. The van der Waals surface area contributed by atoms with Crippen LogP contribution in [-0.4, -0.2) is 17.6 Å². The average molecular weight is 313 g/mol. The van der Waals surface area contributed by atoms with Gasteiger partial charge < -0.3 is 9.72 Å². The van der Waals surface area contributed by atoms with Crippen LogP contribution in [0.3, 0.4) is 0 Å². The van der Waals surface area contributed by atoms with Crippen LogP contribution < -0.4 is 4.87 Å². The minimum atomic E-state index is -0.465. The number of fused-ring (bicyclic) bond motifs is 1. The van der Waals surface area contributed by atoms with Crippen LogP contribution in [0.5, 0.6) is 0 Å². The Morgan fingerprint density at radius 3 is 2.77 bits per heavy atom. The highest BCUT2D eigenvalue weighted by molar-refractivity contribution is 7.11. The Hall–Kier alpha value is -2.40. The van der Waals surface area contributed by atoms with Gasteiger partial charge in [-0.15, -0.1) is 0 Å². The summed E-state index contributed by atoms with van der Waals surface area (Å²) in [5.41, 5.74) is 2.42. The lowest BCUT2D eigenvalue weighted by molar-refractivity contribution is 0.0532. The lowest BCUT2D eigenvalue weighted by Crippen LogP contribution is -2.04. The molecule has 0 amide bonds. The molecule has 1 heterocycles. The third kappa shape index (κ3) is 2.44. The van der Waals surface area contributed by atoms with Gasteiger partial charge in [-0.3, -0.25) is 4.79 Å². The number of benzene rings is 2. The van der Waals surface area contributed by atoms with Crippen molar-refractivity contribution < 1.29 is 9.53 Å². The molecule has 0 saturated heterocycles. The van der Waals surface area contributed by atoms with Crippen molar-refractivity contribution in [1.82, 2.24) is 4.98 Å². The number of aromatic amines is 1. The number of hydrogen-bond donors (Lipinski definition) is 1. The molecule has 0 radical (unpaired) electrons. The number of carbonyl (C=O) groups excluding carboxylic acids is 1. The van der Waals surface area contributed by atoms with Crippen LogP contribution in [0.4, 0.5) is 0 Å². The van der Waals surface area contributed by atoms with E-state index < -0.39 is 5.97 Å². The van der Waals surface area contributed by atoms with Crippen LogP contribution in [-0.2, 0) is 4.74 Å². The van der Waals surface area contributed by atoms with Gasteiger partial charge in [-0.1, -0.05) is 47.7 Å². The summed E-state index contributed by atoms with van der Waals surface area (Å²) in [6, 6.07) is 11.9. The van der Waals surface area contributed by atoms with Crippen molar-refractivity contribution in [3.05, 3.63) is 56.5 Å². The normalized spacial score (nSPS) is 10.8. The van der Waals surface area contributed by atoms with Gasteiger partial charge in [-0.25, -0.2) is 4.79 Å². The Kier molecular flexibility index (Phi) is 3.81. The average Bonchev–Trinajstić information content (AvgIpc) is 2.89. The molecular formula is C17H15NO3S. The van der Waals surface area contributed by atoms with Gasteiger partial charge in [-0.05, 0) is 30.2 Å². The van der Waals surface area contributed by atoms with Crippen molar-refractivity contribution in [3.63, 3.8) is 0 Å². The molecule has 0 aliphatic heterocycles. The standard InChI is InChI=1S/C17H15NO3S/c1-3-21-16(19)15-14(18-17(20)22-15)13-10(2)8-9-11-6-4-5-7-12(11)13/h4-9H,3H2,1-2H3,(H,18,20). The molecule has 0 spiro atoms. The van der Waals surface area contributed by atoms with Gasteiger partial charge in [0.2, 0.25) is 0 Å². The number of nitrogens with one attached hydrogen (secondary N) is 1. The highest BCUT2D eigenvalue weighted by Crippen LogP contribution is 2.33. The monoisotopic (exact) mass is 313 g/mol. The SMILES string of the molecule is CCOC(=O)c1sc(=O)[nH]c1-c1c(C)ccc2ccccc12. The molecule has 0 aliphatic rings. The van der Waals surface area contributed by atoms with E-state index >= 15 is 0 Å². The van der Waals surface area contributed by atoms with Crippen molar-refractivity contribution in [2.75, 3.05) is 6.61 Å². The summed E-state index contributed by atoms with van der Waals surface area (Å²) in [5.74, 6) is -0.465. The van der Waals surface area contributed by atoms with E-state index in [0.29, 0.717) is 10.6 Å². The largest absolute Gasteiger partial charge is 0.462 e. The van der Waals surface area contributed by atoms with E-state index in [9.17, 15) is 9.59 Å². The molecule has 0 saturated carbocycles. The first-order valence-electron chi connectivity index (χ1n) is 7.00. The van der Waals surface area contributed by atoms with Gasteiger partial charge in [0.25, 0.3) is 0 Å². The Morgan fingerprint density at radius 1 is 1.23 bits per heavy atom. The van der Waals surface area contributed by atoms with Crippen LogP contribution in [0, 0.1) is 6.92 Å². The zero-order valence-corrected chi connectivity index (χ0v) is 13.1. The number of ether oxygens (including phenoxy) is 1. The smallest absolute Gasteiger partial charge is 0.350 e. The Bertz CT molecular complexity index is 908. The van der Waals surface area contributed by atoms with Gasteiger partial charge in [0, 0.05) is 5.56 Å². The number of H-pyrrole nitrogens is 1. The second-order valence-electron chi connectivity index (χ2n) is 4.92. The van der Waals surface area contributed by atoms with Crippen molar-refractivity contribution in [3.8, 4) is 11.3 Å². The van der Waals surface area contributed by atoms with E-state index in [1.54, 1.807) is 6.92 Å². The molecule has 1 aromatic heterocycles. The van der Waals surface area contributed by atoms with E-state index in [1.165, 1.54) is 0 Å². The highest BCUT2D eigenvalue weighted by atomic mass is 32.1. The summed E-state index contributed by atoms with van der Waals surface area (Å²) in [6.07, 6.45) is 0. The molecule has 3 aromatic rings. The fourth-order valence-electron chi connectivity index (χ4n) is 2.56. The van der Waals surface area contributed by atoms with E-state index in [1.807, 2.05) is 43.3 Å². The fraction of sp³-hybridized carbons (Fsp3) is 0.176. The summed E-state index contributed by atoms with van der Waals surface area (Å²) < 4.78 is 5.07. The van der Waals surface area contributed by atoms with E-state index in [4.69, 9.17) is 4.74 Å². The Morgan fingerprint density at radius 2 is 2.00 bits per heavy atom. The fourth-order valence-corrected chi connectivity index (χ4v) is 3.29. The maximum atomic E-state index is 12.1. The van der Waals surface area contributed by atoms with Gasteiger partial charge in [-0.2, -0.15) is 0 Å². The number of hydrogen-bond acceptors (Lipinski definition) is 4. The topological polar surface area (TPSA) is 59.2 Å². The first-order chi connectivity index (χ1) is 10.6. The van der Waals surface area contributed by atoms with Crippen LogP contribution in [0.2, 0.25) is 0 Å². The second-order valence-corrected chi connectivity index (χ2v) is 5.90. The Balaban J connectivity index is 2.31. The number of carbonyl (C=O) groups is 1. The lowest BCUT2D eigenvalue weighted by Gasteiger charge is -2.10. The maximum Gasteiger partial charge on any atom is 0.350 e. The van der Waals surface area contributed by atoms with Crippen LogP contribution in [0.15, 0.2) is 41.2 Å². The van der Waals surface area contributed by atoms with Crippen LogP contribution >= 0.6 is 11.3 Å². The maximum absolute atomic E-state index is 12.1. The predicted octanol–water partition coefficient (Wildman–Crippen LogP) is 3.74. The molecule has 0 bridgehead atoms. The Labute approximate surface area is 131 Å². The number of aromatic nitrogens is 1. The van der Waals surface area contributed by atoms with Gasteiger partial charge >= 0.3 is 10.8 Å². The van der Waals surface area contributed by atoms with E-state index in [-0.39, 0.29) is 11.5 Å². The summed E-state index contributed by atoms with van der Waals surface area (Å²) in [7, 11) is 0. The van der Waals surface area contributed by atoms with E-state index in [2.05, 4.69) is 4.98 Å². The second kappa shape index (κ2) is 5.77. The summed E-state index contributed by atoms with van der Waals surface area (Å²) in [5, 5.41) is 2.06. The predicted molar refractivity (Wildman–Crippen MR) is 88.6 cm³/mol. The number of thiazole rings is 1. The molecule has 2 aromatic carbocycles. The number of esters is 1. The molecule has 5 heteroatoms. The molecule has 0 unspecified atom stereocenters. The summed E-state index contributed by atoms with van der Waals surface area (Å²) in [4.78, 5) is 26.8. The first-order valence-corrected chi connectivity index (χ1v) is 7.82. The van der Waals surface area contributed by atoms with Crippen molar-refractivity contribution in [2.24, 2.45) is 0 Å². The molecule has 4 nitrogen and oxygen atoms in total. The summed E-state index contributed by atoms with van der Waals surface area (Å²) >= 11 is 0.889. The third-order valence-electron chi connectivity index (χ3n) is 3.50. The zero-order valence-electron chi connectivity index (χ0n) is 12.3. The van der Waals surface area contributed by atoms with Crippen LogP contribution in [0.25, 0.3) is 22.0 Å². The lowest BCUT2D eigenvalue weighted by atomic mass is 9.97. The molecule has 3 rings (SSSR count). The number of aryl methyl sites for hydroxylation is 1. The quantitative estimate of drug-likeness (QED) is 0.749. The van der Waals surface area contributed by atoms with Gasteiger partial charge in [0.05, 0.1) is 12.3 Å². The minimum Gasteiger partial charge on any atom is -0.462 e. The molecule has 112 valence electrons. The van der Waals surface area contributed by atoms with Crippen molar-refractivity contribution in [2.45, 2.75) is 13.8 Å². The molecular weight excluding hydrogens is 298 g/mol. The van der Waals surface area contributed by atoms with Crippen molar-refractivity contribution >= 4 is 28.1 Å². The van der Waals surface area contributed by atoms with Gasteiger partial charge in [0.15, 0.2) is 0 Å². The molecule has 1 N–H and O–H groups in total. The van der Waals surface area contributed by atoms with Crippen LogP contribution in [0.1, 0.15) is 22.2 Å².